The lowest BCUT2D eigenvalue weighted by Crippen LogP contribution is -2.31. The molecule has 0 bridgehead atoms. The van der Waals surface area contributed by atoms with Crippen molar-refractivity contribution in [3.05, 3.63) is 81.2 Å². The summed E-state index contributed by atoms with van der Waals surface area (Å²) >= 11 is 2.57. The Bertz CT molecular complexity index is 1460. The summed E-state index contributed by atoms with van der Waals surface area (Å²) in [6.45, 7) is 1.98. The molecule has 2 aromatic carbocycles. The fraction of sp³-hybridized carbons (Fsp3) is 0.160. The number of aliphatic hydroxyl groups excluding tert-OH is 1. The van der Waals surface area contributed by atoms with E-state index in [1.807, 2.05) is 25.1 Å². The maximum Gasteiger partial charge on any atom is 0.296 e. The van der Waals surface area contributed by atoms with Gasteiger partial charge in [-0.3, -0.25) is 14.5 Å². The summed E-state index contributed by atoms with van der Waals surface area (Å²) in [7, 11) is 3.01. The van der Waals surface area contributed by atoms with Crippen molar-refractivity contribution < 1.29 is 24.2 Å². The van der Waals surface area contributed by atoms with Gasteiger partial charge in [0.1, 0.15) is 6.04 Å². The first kappa shape index (κ1) is 22.1. The van der Waals surface area contributed by atoms with E-state index in [9.17, 15) is 14.7 Å². The first-order chi connectivity index (χ1) is 16.4. The maximum absolute atomic E-state index is 13.5. The molecule has 1 atom stereocenters. The molecule has 1 aliphatic heterocycles. The van der Waals surface area contributed by atoms with Crippen LogP contribution >= 0.6 is 22.7 Å². The Balaban J connectivity index is 1.74. The van der Waals surface area contributed by atoms with E-state index in [0.29, 0.717) is 27.1 Å². The molecule has 34 heavy (non-hydrogen) atoms. The highest BCUT2D eigenvalue weighted by atomic mass is 32.1. The third-order valence-electron chi connectivity index (χ3n) is 5.66. The molecule has 1 N–H and O–H groups in total. The number of para-hydroxylation sites is 1. The number of amides is 1. The maximum atomic E-state index is 13.5. The fourth-order valence-corrected chi connectivity index (χ4v) is 5.89. The number of hydrogen-bond acceptors (Lipinski definition) is 8. The standard InChI is InChI=1S/C25H20N2O5S2/c1-13-9-10-15-18(12-13)34-25(26-15)27-20(14-6-4-7-16(31-2)23(14)32-3)19(22(29)24(27)30)21(28)17-8-5-11-33-17/h4-12,20,29H,1-3H3/t20-/m0/s1. The molecule has 172 valence electrons. The molecule has 5 rings (SSSR count). The molecule has 0 radical (unpaired) electrons. The van der Waals surface area contributed by atoms with Crippen LogP contribution in [0, 0.1) is 6.92 Å². The van der Waals surface area contributed by atoms with Crippen molar-refractivity contribution in [1.29, 1.82) is 0 Å². The van der Waals surface area contributed by atoms with Gasteiger partial charge >= 0.3 is 0 Å². The van der Waals surface area contributed by atoms with Crippen LogP contribution in [0.1, 0.15) is 26.8 Å². The number of benzene rings is 2. The van der Waals surface area contributed by atoms with Gasteiger partial charge in [-0.2, -0.15) is 0 Å². The number of rotatable bonds is 6. The van der Waals surface area contributed by atoms with Gasteiger partial charge in [-0.05, 0) is 42.1 Å². The molecule has 7 nitrogen and oxygen atoms in total. The second kappa shape index (κ2) is 8.58. The van der Waals surface area contributed by atoms with Crippen molar-refractivity contribution >= 4 is 49.7 Å². The van der Waals surface area contributed by atoms with Crippen molar-refractivity contribution in [2.24, 2.45) is 0 Å². The molecule has 9 heteroatoms. The number of thiophene rings is 1. The first-order valence-electron chi connectivity index (χ1n) is 10.4. The Morgan fingerprint density at radius 1 is 1.12 bits per heavy atom. The average molecular weight is 493 g/mol. The van der Waals surface area contributed by atoms with Crippen LogP contribution in [0.2, 0.25) is 0 Å². The SMILES string of the molecule is COc1cccc([C@H]2C(C(=O)c3cccs3)=C(O)C(=O)N2c2nc3ccc(C)cc3s2)c1OC. The van der Waals surface area contributed by atoms with Crippen LogP contribution < -0.4 is 14.4 Å². The number of nitrogens with zero attached hydrogens (tertiary/aromatic N) is 2. The van der Waals surface area contributed by atoms with Gasteiger partial charge < -0.3 is 14.6 Å². The number of hydrogen-bond donors (Lipinski definition) is 1. The summed E-state index contributed by atoms with van der Waals surface area (Å²) in [4.78, 5) is 33.4. The minimum atomic E-state index is -0.950. The summed E-state index contributed by atoms with van der Waals surface area (Å²) in [5, 5.41) is 13.1. The smallest absolute Gasteiger partial charge is 0.296 e. The fourth-order valence-electron chi connectivity index (χ4n) is 4.12. The van der Waals surface area contributed by atoms with Gasteiger partial charge in [0, 0.05) is 5.56 Å². The Morgan fingerprint density at radius 2 is 1.94 bits per heavy atom. The Kier molecular flexibility index (Phi) is 5.59. The molecule has 0 fully saturated rings. The number of carbonyl (C=O) groups excluding carboxylic acids is 2. The first-order valence-corrected chi connectivity index (χ1v) is 12.1. The molecule has 1 aliphatic rings. The summed E-state index contributed by atoms with van der Waals surface area (Å²) in [5.41, 5.74) is 2.28. The van der Waals surface area contributed by atoms with Crippen LogP contribution in [0.5, 0.6) is 11.5 Å². The van der Waals surface area contributed by atoms with Crippen molar-refractivity contribution in [3.8, 4) is 11.5 Å². The lowest BCUT2D eigenvalue weighted by molar-refractivity contribution is -0.117. The molecular formula is C25H20N2O5S2. The zero-order chi connectivity index (χ0) is 24.0. The number of ether oxygens (including phenoxy) is 2. The van der Waals surface area contributed by atoms with E-state index in [1.54, 1.807) is 35.7 Å². The number of Topliss-reactive ketones (excluding diaryl/α,β-unsaturated/α-hetero) is 1. The van der Waals surface area contributed by atoms with Crippen molar-refractivity contribution in [2.75, 3.05) is 19.1 Å². The number of aliphatic hydroxyl groups is 1. The monoisotopic (exact) mass is 492 g/mol. The number of methoxy groups -OCH3 is 2. The van der Waals surface area contributed by atoms with Crippen LogP contribution in [-0.4, -0.2) is 36.0 Å². The van der Waals surface area contributed by atoms with E-state index in [1.165, 1.54) is 41.8 Å². The zero-order valence-electron chi connectivity index (χ0n) is 18.6. The third-order valence-corrected chi connectivity index (χ3v) is 7.55. The topological polar surface area (TPSA) is 89.0 Å². The highest BCUT2D eigenvalue weighted by molar-refractivity contribution is 7.22. The Labute approximate surface area is 203 Å². The second-order valence-electron chi connectivity index (χ2n) is 7.70. The molecule has 0 saturated carbocycles. The van der Waals surface area contributed by atoms with E-state index in [0.717, 1.165) is 15.8 Å². The molecule has 0 saturated heterocycles. The lowest BCUT2D eigenvalue weighted by Gasteiger charge is -2.26. The molecule has 0 unspecified atom stereocenters. The normalized spacial score (nSPS) is 15.9. The van der Waals surface area contributed by atoms with E-state index in [4.69, 9.17) is 9.47 Å². The highest BCUT2D eigenvalue weighted by Gasteiger charge is 2.47. The van der Waals surface area contributed by atoms with Gasteiger partial charge in [0.15, 0.2) is 22.4 Å². The summed E-state index contributed by atoms with van der Waals surface area (Å²) in [6, 6.07) is 13.5. The van der Waals surface area contributed by atoms with Crippen LogP contribution in [0.4, 0.5) is 5.13 Å². The zero-order valence-corrected chi connectivity index (χ0v) is 20.2. The predicted molar refractivity (Wildman–Crippen MR) is 132 cm³/mol. The van der Waals surface area contributed by atoms with E-state index >= 15 is 0 Å². The summed E-state index contributed by atoms with van der Waals surface area (Å²) < 4.78 is 12.0. The molecule has 3 heterocycles. The van der Waals surface area contributed by atoms with Gasteiger partial charge in [0.25, 0.3) is 5.91 Å². The van der Waals surface area contributed by atoms with Crippen molar-refractivity contribution in [1.82, 2.24) is 4.98 Å². The van der Waals surface area contributed by atoms with Crippen molar-refractivity contribution in [2.45, 2.75) is 13.0 Å². The highest BCUT2D eigenvalue weighted by Crippen LogP contribution is 2.48. The summed E-state index contributed by atoms with van der Waals surface area (Å²) in [6.07, 6.45) is 0. The number of aryl methyl sites for hydroxylation is 1. The minimum absolute atomic E-state index is 0.0190. The Hall–Kier alpha value is -3.69. The summed E-state index contributed by atoms with van der Waals surface area (Å²) in [5.74, 6) is -0.887. The quantitative estimate of drug-likeness (QED) is 0.359. The van der Waals surface area contributed by atoms with Crippen LogP contribution in [0.3, 0.4) is 0 Å². The number of anilines is 1. The molecule has 0 aliphatic carbocycles. The minimum Gasteiger partial charge on any atom is -0.503 e. The van der Waals surface area contributed by atoms with Gasteiger partial charge in [-0.25, -0.2) is 4.98 Å². The van der Waals surface area contributed by atoms with Crippen LogP contribution in [-0.2, 0) is 4.79 Å². The number of carbonyl (C=O) groups is 2. The van der Waals surface area contributed by atoms with E-state index in [2.05, 4.69) is 4.98 Å². The van der Waals surface area contributed by atoms with Crippen molar-refractivity contribution in [3.63, 3.8) is 0 Å². The predicted octanol–water partition coefficient (Wildman–Crippen LogP) is 5.47. The average Bonchev–Trinajstić information content (AvgIpc) is 3.57. The number of thiazole rings is 1. The third kappa shape index (κ3) is 3.44. The van der Waals surface area contributed by atoms with Crippen LogP contribution in [0.25, 0.3) is 10.2 Å². The van der Waals surface area contributed by atoms with Gasteiger partial charge in [0.05, 0.1) is 34.9 Å². The molecular weight excluding hydrogens is 472 g/mol. The van der Waals surface area contributed by atoms with E-state index in [-0.39, 0.29) is 5.57 Å². The molecule has 2 aromatic heterocycles. The lowest BCUT2D eigenvalue weighted by atomic mass is 9.94. The largest absolute Gasteiger partial charge is 0.503 e. The Morgan fingerprint density at radius 3 is 2.65 bits per heavy atom. The number of ketones is 1. The van der Waals surface area contributed by atoms with Gasteiger partial charge in [-0.15, -0.1) is 11.3 Å². The number of aromatic nitrogens is 1. The van der Waals surface area contributed by atoms with Crippen LogP contribution in [0.15, 0.2) is 65.2 Å². The molecule has 0 spiro atoms. The molecule has 1 amide bonds. The van der Waals surface area contributed by atoms with Gasteiger partial charge in [0.2, 0.25) is 5.78 Å². The second-order valence-corrected chi connectivity index (χ2v) is 9.65. The number of fused-ring (bicyclic) bond motifs is 1. The van der Waals surface area contributed by atoms with Gasteiger partial charge in [-0.1, -0.05) is 35.6 Å². The van der Waals surface area contributed by atoms with E-state index < -0.39 is 23.5 Å². The molecule has 4 aromatic rings.